The normalized spacial score (nSPS) is 12.5. The van der Waals surface area contributed by atoms with Crippen LogP contribution in [-0.2, 0) is 21.2 Å². The molecule has 0 aliphatic heterocycles. The highest BCUT2D eigenvalue weighted by Crippen LogP contribution is 2.26. The molecule has 0 bridgehead atoms. The van der Waals surface area contributed by atoms with E-state index in [2.05, 4.69) is 5.32 Å². The summed E-state index contributed by atoms with van der Waals surface area (Å²) in [4.78, 5) is 13.0. The smallest absolute Gasteiger partial charge is 0.248 e. The monoisotopic (exact) mass is 392 g/mol. The third kappa shape index (κ3) is 4.86. The summed E-state index contributed by atoms with van der Waals surface area (Å²) in [7, 11) is -3.76. The van der Waals surface area contributed by atoms with Crippen LogP contribution in [0.5, 0.6) is 0 Å². The number of anilines is 2. The highest BCUT2D eigenvalue weighted by Gasteiger charge is 2.32. The molecule has 0 saturated carbocycles. The Balaban J connectivity index is 2.43. The van der Waals surface area contributed by atoms with Crippen LogP contribution in [0.2, 0.25) is 0 Å². The van der Waals surface area contributed by atoms with Gasteiger partial charge in [0.15, 0.2) is 0 Å². The van der Waals surface area contributed by atoms with Gasteiger partial charge in [0.25, 0.3) is 0 Å². The van der Waals surface area contributed by atoms with E-state index in [9.17, 15) is 17.6 Å². The Kier molecular flexibility index (Phi) is 6.59. The van der Waals surface area contributed by atoms with E-state index in [1.165, 1.54) is 24.3 Å². The number of para-hydroxylation sites is 1. The van der Waals surface area contributed by atoms with E-state index in [1.807, 2.05) is 32.0 Å². The highest BCUT2D eigenvalue weighted by molar-refractivity contribution is 7.92. The van der Waals surface area contributed by atoms with Crippen LogP contribution in [0.3, 0.4) is 0 Å². The summed E-state index contributed by atoms with van der Waals surface area (Å²) in [6.45, 7) is 5.62. The largest absolute Gasteiger partial charge is 0.324 e. The molecule has 0 radical (unpaired) electrons. The van der Waals surface area contributed by atoms with E-state index in [-0.39, 0.29) is 12.1 Å². The fourth-order valence-electron chi connectivity index (χ4n) is 3.06. The van der Waals surface area contributed by atoms with Gasteiger partial charge in [-0.25, -0.2) is 12.8 Å². The lowest BCUT2D eigenvalue weighted by atomic mass is 10.0. The van der Waals surface area contributed by atoms with Gasteiger partial charge in [0, 0.05) is 5.69 Å². The van der Waals surface area contributed by atoms with Crippen molar-refractivity contribution in [3.05, 3.63) is 59.4 Å². The SMILES string of the molecule is CCc1cccc(C)c1NC(=O)C(CC)N(c1ccc(F)cc1)S(C)(=O)=O. The molecule has 1 atom stereocenters. The molecule has 2 aromatic rings. The van der Waals surface area contributed by atoms with Gasteiger partial charge < -0.3 is 5.32 Å². The molecule has 0 aromatic heterocycles. The second kappa shape index (κ2) is 8.52. The minimum Gasteiger partial charge on any atom is -0.324 e. The van der Waals surface area contributed by atoms with E-state index in [1.54, 1.807) is 6.92 Å². The van der Waals surface area contributed by atoms with Crippen molar-refractivity contribution in [2.45, 2.75) is 39.7 Å². The van der Waals surface area contributed by atoms with Crippen LogP contribution < -0.4 is 9.62 Å². The van der Waals surface area contributed by atoms with Gasteiger partial charge in [0.2, 0.25) is 15.9 Å². The molecule has 0 aliphatic carbocycles. The minimum atomic E-state index is -3.76. The Labute approximate surface area is 160 Å². The first kappa shape index (κ1) is 20.9. The molecule has 146 valence electrons. The number of halogens is 1. The number of carbonyl (C=O) groups is 1. The van der Waals surface area contributed by atoms with Crippen molar-refractivity contribution < 1.29 is 17.6 Å². The average Bonchev–Trinajstić information content (AvgIpc) is 2.61. The van der Waals surface area contributed by atoms with Crippen LogP contribution in [0, 0.1) is 12.7 Å². The van der Waals surface area contributed by atoms with Crippen molar-refractivity contribution in [3.63, 3.8) is 0 Å². The van der Waals surface area contributed by atoms with Gasteiger partial charge in [-0.05, 0) is 55.2 Å². The molecule has 0 fully saturated rings. The molecule has 0 heterocycles. The zero-order valence-electron chi connectivity index (χ0n) is 16.0. The van der Waals surface area contributed by atoms with Crippen molar-refractivity contribution in [1.82, 2.24) is 0 Å². The predicted molar refractivity (Wildman–Crippen MR) is 107 cm³/mol. The molecule has 1 N–H and O–H groups in total. The zero-order valence-corrected chi connectivity index (χ0v) is 16.8. The molecule has 1 unspecified atom stereocenters. The number of nitrogens with one attached hydrogen (secondary N) is 1. The summed E-state index contributed by atoms with van der Waals surface area (Å²) < 4.78 is 39.1. The summed E-state index contributed by atoms with van der Waals surface area (Å²) >= 11 is 0. The zero-order chi connectivity index (χ0) is 20.2. The predicted octanol–water partition coefficient (Wildman–Crippen LogP) is 3.88. The molecule has 2 aromatic carbocycles. The molecular formula is C20H25FN2O3S. The summed E-state index contributed by atoms with van der Waals surface area (Å²) in [6.07, 6.45) is 2.04. The van der Waals surface area contributed by atoms with E-state index in [0.717, 1.165) is 28.1 Å². The molecule has 5 nitrogen and oxygen atoms in total. The molecule has 27 heavy (non-hydrogen) atoms. The summed E-state index contributed by atoms with van der Waals surface area (Å²) in [6, 6.07) is 9.86. The van der Waals surface area contributed by atoms with E-state index in [4.69, 9.17) is 0 Å². The first-order chi connectivity index (χ1) is 12.7. The third-order valence-corrected chi connectivity index (χ3v) is 5.58. The van der Waals surface area contributed by atoms with Gasteiger partial charge in [-0.15, -0.1) is 0 Å². The lowest BCUT2D eigenvalue weighted by molar-refractivity contribution is -0.117. The standard InChI is InChI=1S/C20H25FN2O3S/c1-5-15-9-7-8-14(3)19(15)22-20(24)18(6-2)23(27(4,25)26)17-12-10-16(21)11-13-17/h7-13,18H,5-6H2,1-4H3,(H,22,24). The number of aryl methyl sites for hydroxylation is 2. The molecule has 0 saturated heterocycles. The van der Waals surface area contributed by atoms with Crippen molar-refractivity contribution in [2.75, 3.05) is 15.9 Å². The number of hydrogen-bond acceptors (Lipinski definition) is 3. The number of sulfonamides is 1. The first-order valence-corrected chi connectivity index (χ1v) is 10.7. The van der Waals surface area contributed by atoms with Crippen molar-refractivity contribution in [2.24, 2.45) is 0 Å². The number of carbonyl (C=O) groups excluding carboxylic acids is 1. The van der Waals surface area contributed by atoms with Gasteiger partial charge in [0.1, 0.15) is 11.9 Å². The van der Waals surface area contributed by atoms with Crippen LogP contribution in [0.15, 0.2) is 42.5 Å². The Morgan fingerprint density at radius 1 is 1.15 bits per heavy atom. The van der Waals surface area contributed by atoms with Gasteiger partial charge in [-0.3, -0.25) is 9.10 Å². The van der Waals surface area contributed by atoms with Crippen molar-refractivity contribution >= 4 is 27.3 Å². The topological polar surface area (TPSA) is 66.5 Å². The van der Waals surface area contributed by atoms with Gasteiger partial charge in [0.05, 0.1) is 11.9 Å². The van der Waals surface area contributed by atoms with Gasteiger partial charge in [-0.2, -0.15) is 0 Å². The fraction of sp³-hybridized carbons (Fsp3) is 0.350. The number of hydrogen-bond donors (Lipinski definition) is 1. The molecule has 7 heteroatoms. The van der Waals surface area contributed by atoms with Crippen LogP contribution in [-0.4, -0.2) is 26.6 Å². The maximum absolute atomic E-state index is 13.3. The van der Waals surface area contributed by atoms with Gasteiger partial charge >= 0.3 is 0 Å². The fourth-order valence-corrected chi connectivity index (χ4v) is 4.27. The van der Waals surface area contributed by atoms with Crippen molar-refractivity contribution in [3.8, 4) is 0 Å². The minimum absolute atomic E-state index is 0.251. The van der Waals surface area contributed by atoms with Crippen LogP contribution >= 0.6 is 0 Å². The summed E-state index contributed by atoms with van der Waals surface area (Å²) in [5, 5.41) is 2.90. The van der Waals surface area contributed by atoms with E-state index in [0.29, 0.717) is 5.69 Å². The van der Waals surface area contributed by atoms with Gasteiger partial charge in [-0.1, -0.05) is 32.0 Å². The van der Waals surface area contributed by atoms with E-state index < -0.39 is 27.8 Å². The third-order valence-electron chi connectivity index (χ3n) is 4.40. The Bertz CT molecular complexity index is 911. The summed E-state index contributed by atoms with van der Waals surface area (Å²) in [5.74, 6) is -0.895. The Hall–Kier alpha value is -2.41. The lowest BCUT2D eigenvalue weighted by Gasteiger charge is -2.30. The number of nitrogens with zero attached hydrogens (tertiary/aromatic N) is 1. The quantitative estimate of drug-likeness (QED) is 0.778. The first-order valence-electron chi connectivity index (χ1n) is 8.83. The van der Waals surface area contributed by atoms with Crippen molar-refractivity contribution in [1.29, 1.82) is 0 Å². The second-order valence-corrected chi connectivity index (χ2v) is 8.27. The maximum atomic E-state index is 13.3. The second-order valence-electron chi connectivity index (χ2n) is 6.41. The number of amides is 1. The molecule has 1 amide bonds. The molecule has 0 spiro atoms. The lowest BCUT2D eigenvalue weighted by Crippen LogP contribution is -2.47. The summed E-state index contributed by atoms with van der Waals surface area (Å²) in [5.41, 5.74) is 2.84. The number of rotatable bonds is 7. The molecular weight excluding hydrogens is 367 g/mol. The Morgan fingerprint density at radius 3 is 2.30 bits per heavy atom. The van der Waals surface area contributed by atoms with Crippen LogP contribution in [0.4, 0.5) is 15.8 Å². The molecule has 0 aliphatic rings. The highest BCUT2D eigenvalue weighted by atomic mass is 32.2. The van der Waals surface area contributed by atoms with E-state index >= 15 is 0 Å². The van der Waals surface area contributed by atoms with Crippen LogP contribution in [0.25, 0.3) is 0 Å². The van der Waals surface area contributed by atoms with Crippen LogP contribution in [0.1, 0.15) is 31.4 Å². The average molecular weight is 392 g/mol. The maximum Gasteiger partial charge on any atom is 0.248 e. The molecule has 2 rings (SSSR count). The number of benzene rings is 2. The Morgan fingerprint density at radius 2 is 1.78 bits per heavy atom.